The molecule has 4 rings (SSSR count). The molecule has 2 aromatic rings. The summed E-state index contributed by atoms with van der Waals surface area (Å²) >= 11 is 0. The second-order valence-electron chi connectivity index (χ2n) is 6.82. The molecule has 1 aromatic carbocycles. The molecule has 1 aliphatic heterocycles. The Kier molecular flexibility index (Phi) is 4.12. The fraction of sp³-hybridized carbons (Fsp3) is 0.273. The molecular weight excluding hydrogens is 340 g/mol. The standard InChI is InChI=1S/C22H22N2O3/c1-3-23-18-12-13-22(21(27)16(18)10-11-19(23)25)17(14-20(26)24(22)4-2)15-8-6-5-7-9-15/h5-14,21,27H,3-4H2,1-2H3. The summed E-state index contributed by atoms with van der Waals surface area (Å²) < 4.78 is 1.64. The SMILES string of the molecule is CCN1C(=O)C=C(c2ccccc2)C12C=Cc1c(ccc(=O)n1CC)C2O. The highest BCUT2D eigenvalue weighted by Gasteiger charge is 2.53. The predicted octanol–water partition coefficient (Wildman–Crippen LogP) is 2.61. The third kappa shape index (κ3) is 2.35. The third-order valence-electron chi connectivity index (χ3n) is 5.59. The number of nitrogens with zero attached hydrogens (tertiary/aromatic N) is 2. The number of fused-ring (bicyclic) bond motifs is 1. The van der Waals surface area contributed by atoms with E-state index in [1.165, 1.54) is 6.07 Å². The molecule has 2 unspecified atom stereocenters. The van der Waals surface area contributed by atoms with Gasteiger partial charge in [0.05, 0.1) is 0 Å². The van der Waals surface area contributed by atoms with Crippen LogP contribution in [0.3, 0.4) is 0 Å². The van der Waals surface area contributed by atoms with Crippen molar-refractivity contribution >= 4 is 17.6 Å². The van der Waals surface area contributed by atoms with Gasteiger partial charge in [-0.3, -0.25) is 9.59 Å². The normalized spacial score (nSPS) is 23.7. The number of hydrogen-bond acceptors (Lipinski definition) is 3. The molecule has 138 valence electrons. The summed E-state index contributed by atoms with van der Waals surface area (Å²) in [6.07, 6.45) is 4.39. The minimum absolute atomic E-state index is 0.0993. The number of pyridine rings is 1. The Morgan fingerprint density at radius 1 is 1.04 bits per heavy atom. The van der Waals surface area contributed by atoms with Crippen molar-refractivity contribution in [2.75, 3.05) is 6.54 Å². The van der Waals surface area contributed by atoms with Gasteiger partial charge in [0.15, 0.2) is 0 Å². The van der Waals surface area contributed by atoms with Crippen molar-refractivity contribution < 1.29 is 9.90 Å². The van der Waals surface area contributed by atoms with Crippen LogP contribution in [0.15, 0.2) is 59.4 Å². The lowest BCUT2D eigenvalue weighted by Crippen LogP contribution is -2.52. The van der Waals surface area contributed by atoms with E-state index in [1.807, 2.05) is 56.3 Å². The molecule has 1 amide bonds. The minimum Gasteiger partial charge on any atom is -0.385 e. The van der Waals surface area contributed by atoms with Crippen molar-refractivity contribution in [1.29, 1.82) is 0 Å². The van der Waals surface area contributed by atoms with Gasteiger partial charge in [-0.15, -0.1) is 0 Å². The summed E-state index contributed by atoms with van der Waals surface area (Å²) in [4.78, 5) is 26.6. The van der Waals surface area contributed by atoms with Crippen LogP contribution < -0.4 is 5.56 Å². The first-order chi connectivity index (χ1) is 13.0. The highest BCUT2D eigenvalue weighted by molar-refractivity contribution is 6.05. The van der Waals surface area contributed by atoms with E-state index in [2.05, 4.69) is 0 Å². The molecule has 0 saturated heterocycles. The van der Waals surface area contributed by atoms with Crippen LogP contribution in [0.25, 0.3) is 11.6 Å². The van der Waals surface area contributed by atoms with Gasteiger partial charge in [0.25, 0.3) is 5.56 Å². The van der Waals surface area contributed by atoms with Crippen LogP contribution in [0, 0.1) is 0 Å². The van der Waals surface area contributed by atoms with Gasteiger partial charge in [0, 0.05) is 36.5 Å². The number of rotatable bonds is 3. The molecule has 27 heavy (non-hydrogen) atoms. The molecule has 0 fully saturated rings. The van der Waals surface area contributed by atoms with Crippen molar-refractivity contribution in [2.45, 2.75) is 32.0 Å². The van der Waals surface area contributed by atoms with Crippen molar-refractivity contribution in [3.8, 4) is 0 Å². The Hall–Kier alpha value is -2.92. The molecule has 2 aliphatic rings. The summed E-state index contributed by atoms with van der Waals surface area (Å²) in [5, 5.41) is 11.5. The third-order valence-corrected chi connectivity index (χ3v) is 5.59. The lowest BCUT2D eigenvalue weighted by molar-refractivity contribution is -0.130. The summed E-state index contributed by atoms with van der Waals surface area (Å²) in [5.74, 6) is -0.118. The van der Waals surface area contributed by atoms with Crippen LogP contribution in [0.5, 0.6) is 0 Å². The number of benzene rings is 1. The van der Waals surface area contributed by atoms with Crippen molar-refractivity contribution in [3.05, 3.63) is 81.8 Å². The zero-order chi connectivity index (χ0) is 19.2. The molecule has 2 atom stereocenters. The first kappa shape index (κ1) is 17.5. The molecule has 0 bridgehead atoms. The van der Waals surface area contributed by atoms with Crippen LogP contribution >= 0.6 is 0 Å². The molecule has 5 heteroatoms. The van der Waals surface area contributed by atoms with E-state index < -0.39 is 11.6 Å². The highest BCUT2D eigenvalue weighted by Crippen LogP contribution is 2.50. The van der Waals surface area contributed by atoms with Crippen LogP contribution in [0.4, 0.5) is 0 Å². The Morgan fingerprint density at radius 3 is 2.44 bits per heavy atom. The van der Waals surface area contributed by atoms with Crippen LogP contribution in [0.1, 0.15) is 36.8 Å². The predicted molar refractivity (Wildman–Crippen MR) is 105 cm³/mol. The number of aromatic nitrogens is 1. The van der Waals surface area contributed by atoms with Gasteiger partial charge in [0.2, 0.25) is 5.91 Å². The maximum atomic E-state index is 12.7. The van der Waals surface area contributed by atoms with Crippen LogP contribution in [-0.4, -0.2) is 32.6 Å². The number of aliphatic hydroxyl groups excluding tert-OH is 1. The van der Waals surface area contributed by atoms with E-state index in [9.17, 15) is 14.7 Å². The molecule has 1 aromatic heterocycles. The van der Waals surface area contributed by atoms with E-state index >= 15 is 0 Å². The Balaban J connectivity index is 1.95. The summed E-state index contributed by atoms with van der Waals surface area (Å²) in [6, 6.07) is 12.8. The molecule has 1 N–H and O–H groups in total. The van der Waals surface area contributed by atoms with Crippen molar-refractivity contribution in [2.24, 2.45) is 0 Å². The minimum atomic E-state index is -0.976. The van der Waals surface area contributed by atoms with Crippen LogP contribution in [0.2, 0.25) is 0 Å². The topological polar surface area (TPSA) is 62.5 Å². The van der Waals surface area contributed by atoms with Gasteiger partial charge in [0.1, 0.15) is 11.6 Å². The largest absolute Gasteiger partial charge is 0.385 e. The number of amides is 1. The first-order valence-electron chi connectivity index (χ1n) is 9.24. The number of likely N-dealkylation sites (N-methyl/N-ethyl adjacent to an activating group) is 1. The van der Waals surface area contributed by atoms with Gasteiger partial charge in [-0.1, -0.05) is 30.3 Å². The molecule has 2 heterocycles. The van der Waals surface area contributed by atoms with E-state index in [0.29, 0.717) is 24.3 Å². The zero-order valence-electron chi connectivity index (χ0n) is 15.4. The quantitative estimate of drug-likeness (QED) is 0.913. The number of carbonyl (C=O) groups is 1. The molecule has 0 radical (unpaired) electrons. The van der Waals surface area contributed by atoms with Crippen molar-refractivity contribution in [3.63, 3.8) is 0 Å². The maximum absolute atomic E-state index is 12.7. The lowest BCUT2D eigenvalue weighted by atomic mass is 9.75. The first-order valence-corrected chi connectivity index (χ1v) is 9.24. The van der Waals surface area contributed by atoms with Crippen LogP contribution in [-0.2, 0) is 11.3 Å². The highest BCUT2D eigenvalue weighted by atomic mass is 16.3. The van der Waals surface area contributed by atoms with E-state index in [-0.39, 0.29) is 11.5 Å². The van der Waals surface area contributed by atoms with Gasteiger partial charge in [-0.2, -0.15) is 0 Å². The molecular formula is C22H22N2O3. The fourth-order valence-electron chi connectivity index (χ4n) is 4.36. The van der Waals surface area contributed by atoms with Gasteiger partial charge in [-0.05, 0) is 43.2 Å². The summed E-state index contributed by atoms with van der Waals surface area (Å²) in [7, 11) is 0. The molecule has 1 aliphatic carbocycles. The number of aliphatic hydroxyl groups is 1. The smallest absolute Gasteiger partial charge is 0.250 e. The van der Waals surface area contributed by atoms with E-state index in [1.54, 1.807) is 21.6 Å². The average Bonchev–Trinajstić information content (AvgIpc) is 2.97. The van der Waals surface area contributed by atoms with Gasteiger partial charge in [-0.25, -0.2) is 0 Å². The number of carbonyl (C=O) groups excluding carboxylic acids is 1. The lowest BCUT2D eigenvalue weighted by Gasteiger charge is -2.44. The van der Waals surface area contributed by atoms with Gasteiger partial charge < -0.3 is 14.6 Å². The Labute approximate surface area is 157 Å². The fourth-order valence-corrected chi connectivity index (χ4v) is 4.36. The average molecular weight is 362 g/mol. The van der Waals surface area contributed by atoms with E-state index in [0.717, 1.165) is 11.1 Å². The van der Waals surface area contributed by atoms with Gasteiger partial charge >= 0.3 is 0 Å². The molecule has 1 spiro atoms. The van der Waals surface area contributed by atoms with E-state index in [4.69, 9.17) is 0 Å². The zero-order valence-corrected chi connectivity index (χ0v) is 15.4. The maximum Gasteiger partial charge on any atom is 0.250 e. The monoisotopic (exact) mass is 362 g/mol. The van der Waals surface area contributed by atoms with Crippen molar-refractivity contribution in [1.82, 2.24) is 9.47 Å². The Bertz CT molecular complexity index is 1020. The molecule has 5 nitrogen and oxygen atoms in total. The second kappa shape index (κ2) is 6.35. The summed E-state index contributed by atoms with van der Waals surface area (Å²) in [6.45, 7) is 4.79. The Morgan fingerprint density at radius 2 is 1.78 bits per heavy atom. The number of hydrogen-bond donors (Lipinski definition) is 1. The molecule has 0 saturated carbocycles. The second-order valence-corrected chi connectivity index (χ2v) is 6.82. The summed E-state index contributed by atoms with van der Waals surface area (Å²) in [5.41, 5.74) is 1.96.